The molecule has 1 unspecified atom stereocenters. The van der Waals surface area contributed by atoms with Crippen LogP contribution in [0.3, 0.4) is 0 Å². The van der Waals surface area contributed by atoms with Crippen LogP contribution >= 0.6 is 0 Å². The van der Waals surface area contributed by atoms with Gasteiger partial charge in [0, 0.05) is 43.9 Å². The number of hydrogen-bond donors (Lipinski definition) is 2. The van der Waals surface area contributed by atoms with E-state index in [1.54, 1.807) is 6.20 Å². The second-order valence-electron chi connectivity index (χ2n) is 6.93. The number of aromatic amines is 1. The molecule has 1 atom stereocenters. The molecule has 138 valence electrons. The summed E-state index contributed by atoms with van der Waals surface area (Å²) in [5.74, 6) is 1.57. The van der Waals surface area contributed by atoms with Gasteiger partial charge in [0.05, 0.1) is 25.2 Å². The van der Waals surface area contributed by atoms with Crippen molar-refractivity contribution < 1.29 is 14.0 Å². The molecule has 26 heavy (non-hydrogen) atoms. The fraction of sp³-hybridized carbons (Fsp3) is 0.500. The van der Waals surface area contributed by atoms with Gasteiger partial charge in [0.2, 0.25) is 11.8 Å². The number of nitrogens with one attached hydrogen (secondary N) is 2. The summed E-state index contributed by atoms with van der Waals surface area (Å²) in [6, 6.07) is 3.37. The minimum Gasteiger partial charge on any atom is -0.465 e. The SMILES string of the molecule is Cc1ccc(CN2CCNC(=O)C2CC(=O)N2CCc3[nH]ncc3C2)o1. The summed E-state index contributed by atoms with van der Waals surface area (Å²) in [5.41, 5.74) is 2.15. The monoisotopic (exact) mass is 357 g/mol. The summed E-state index contributed by atoms with van der Waals surface area (Å²) in [5, 5.41) is 9.89. The van der Waals surface area contributed by atoms with Crippen molar-refractivity contribution in [1.29, 1.82) is 0 Å². The molecule has 2 aromatic heterocycles. The molecule has 2 aliphatic rings. The van der Waals surface area contributed by atoms with E-state index < -0.39 is 6.04 Å². The second kappa shape index (κ2) is 6.95. The highest BCUT2D eigenvalue weighted by molar-refractivity contribution is 5.89. The first-order valence-corrected chi connectivity index (χ1v) is 8.96. The largest absolute Gasteiger partial charge is 0.465 e. The number of amides is 2. The van der Waals surface area contributed by atoms with Crippen LogP contribution in [-0.2, 0) is 29.1 Å². The van der Waals surface area contributed by atoms with Crippen molar-refractivity contribution >= 4 is 11.8 Å². The predicted molar refractivity (Wildman–Crippen MR) is 93.0 cm³/mol. The first-order chi connectivity index (χ1) is 12.6. The summed E-state index contributed by atoms with van der Waals surface area (Å²) >= 11 is 0. The summed E-state index contributed by atoms with van der Waals surface area (Å²) in [6.45, 7) is 4.93. The van der Waals surface area contributed by atoms with Gasteiger partial charge in [-0.15, -0.1) is 0 Å². The molecule has 0 aromatic carbocycles. The molecule has 0 spiro atoms. The molecule has 0 radical (unpaired) electrons. The zero-order valence-corrected chi connectivity index (χ0v) is 14.8. The number of fused-ring (bicyclic) bond motifs is 1. The molecule has 8 nitrogen and oxygen atoms in total. The summed E-state index contributed by atoms with van der Waals surface area (Å²) in [4.78, 5) is 29.1. The Bertz CT molecular complexity index is 811. The van der Waals surface area contributed by atoms with Gasteiger partial charge in [-0.05, 0) is 19.1 Å². The molecule has 2 amide bonds. The van der Waals surface area contributed by atoms with Gasteiger partial charge < -0.3 is 14.6 Å². The minimum atomic E-state index is -0.465. The lowest BCUT2D eigenvalue weighted by molar-refractivity contribution is -0.139. The van der Waals surface area contributed by atoms with E-state index in [0.29, 0.717) is 32.7 Å². The molecule has 1 fully saturated rings. The lowest BCUT2D eigenvalue weighted by Crippen LogP contribution is -2.56. The van der Waals surface area contributed by atoms with Gasteiger partial charge in [-0.2, -0.15) is 5.10 Å². The van der Waals surface area contributed by atoms with E-state index in [2.05, 4.69) is 15.5 Å². The molecule has 2 N–H and O–H groups in total. The number of aromatic nitrogens is 2. The van der Waals surface area contributed by atoms with Crippen molar-refractivity contribution in [2.45, 2.75) is 38.9 Å². The highest BCUT2D eigenvalue weighted by atomic mass is 16.3. The molecule has 4 rings (SSSR count). The fourth-order valence-corrected chi connectivity index (χ4v) is 3.67. The number of furan rings is 1. The topological polar surface area (TPSA) is 94.5 Å². The van der Waals surface area contributed by atoms with Crippen LogP contribution in [0.4, 0.5) is 0 Å². The summed E-state index contributed by atoms with van der Waals surface area (Å²) < 4.78 is 5.64. The first kappa shape index (κ1) is 16.8. The smallest absolute Gasteiger partial charge is 0.237 e. The van der Waals surface area contributed by atoms with E-state index in [4.69, 9.17) is 4.42 Å². The highest BCUT2D eigenvalue weighted by Crippen LogP contribution is 2.20. The molecule has 8 heteroatoms. The molecule has 1 saturated heterocycles. The number of rotatable bonds is 4. The number of piperazine rings is 1. The van der Waals surface area contributed by atoms with Crippen LogP contribution in [0.1, 0.15) is 29.2 Å². The van der Waals surface area contributed by atoms with E-state index >= 15 is 0 Å². The number of carbonyl (C=O) groups excluding carboxylic acids is 2. The van der Waals surface area contributed by atoms with Crippen LogP contribution in [0.2, 0.25) is 0 Å². The van der Waals surface area contributed by atoms with Crippen LogP contribution in [-0.4, -0.2) is 57.5 Å². The van der Waals surface area contributed by atoms with Crippen LogP contribution in [0.15, 0.2) is 22.7 Å². The second-order valence-corrected chi connectivity index (χ2v) is 6.93. The Hall–Kier alpha value is -2.61. The van der Waals surface area contributed by atoms with Gasteiger partial charge in [-0.3, -0.25) is 19.6 Å². The van der Waals surface area contributed by atoms with E-state index in [9.17, 15) is 9.59 Å². The van der Waals surface area contributed by atoms with Crippen molar-refractivity contribution in [3.8, 4) is 0 Å². The molecule has 0 bridgehead atoms. The maximum Gasteiger partial charge on any atom is 0.237 e. The third-order valence-electron chi connectivity index (χ3n) is 5.12. The molecule has 2 aliphatic heterocycles. The molecule has 0 aliphatic carbocycles. The highest BCUT2D eigenvalue weighted by Gasteiger charge is 2.34. The van der Waals surface area contributed by atoms with Crippen LogP contribution in [0.5, 0.6) is 0 Å². The normalized spacial score (nSPS) is 20.7. The van der Waals surface area contributed by atoms with Crippen molar-refractivity contribution in [3.05, 3.63) is 41.1 Å². The van der Waals surface area contributed by atoms with Gasteiger partial charge in [0.1, 0.15) is 11.5 Å². The number of aryl methyl sites for hydroxylation is 1. The van der Waals surface area contributed by atoms with Crippen molar-refractivity contribution in [2.24, 2.45) is 0 Å². The number of hydrogen-bond acceptors (Lipinski definition) is 5. The Labute approximate surface area is 151 Å². The Balaban J connectivity index is 1.43. The van der Waals surface area contributed by atoms with E-state index in [0.717, 1.165) is 29.2 Å². The average Bonchev–Trinajstić information content (AvgIpc) is 3.25. The first-order valence-electron chi connectivity index (χ1n) is 8.96. The van der Waals surface area contributed by atoms with Gasteiger partial charge in [-0.1, -0.05) is 0 Å². The Morgan fingerprint density at radius 2 is 2.27 bits per heavy atom. The zero-order chi connectivity index (χ0) is 18.1. The maximum absolute atomic E-state index is 12.8. The Morgan fingerprint density at radius 3 is 3.08 bits per heavy atom. The zero-order valence-electron chi connectivity index (χ0n) is 14.8. The average molecular weight is 357 g/mol. The van der Waals surface area contributed by atoms with Gasteiger partial charge in [0.15, 0.2) is 0 Å². The van der Waals surface area contributed by atoms with E-state index in [1.807, 2.05) is 28.9 Å². The standard InChI is InChI=1S/C18H23N5O3/c1-12-2-3-14(26-12)11-22-7-5-19-18(25)16(22)8-17(24)23-6-4-15-13(10-23)9-20-21-15/h2-3,9,16H,4-8,10-11H2,1H3,(H,19,25)(H,20,21). The molecule has 0 saturated carbocycles. The van der Waals surface area contributed by atoms with Crippen LogP contribution in [0.25, 0.3) is 0 Å². The van der Waals surface area contributed by atoms with Crippen molar-refractivity contribution in [3.63, 3.8) is 0 Å². The van der Waals surface area contributed by atoms with Gasteiger partial charge >= 0.3 is 0 Å². The molecule has 2 aromatic rings. The fourth-order valence-electron chi connectivity index (χ4n) is 3.67. The Morgan fingerprint density at radius 1 is 1.38 bits per heavy atom. The van der Waals surface area contributed by atoms with Crippen LogP contribution in [0, 0.1) is 6.92 Å². The van der Waals surface area contributed by atoms with E-state index in [1.165, 1.54) is 0 Å². The summed E-state index contributed by atoms with van der Waals surface area (Å²) in [6.07, 6.45) is 2.72. The quantitative estimate of drug-likeness (QED) is 0.835. The van der Waals surface area contributed by atoms with E-state index in [-0.39, 0.29) is 18.2 Å². The molecular formula is C18H23N5O3. The molecular weight excluding hydrogens is 334 g/mol. The molecule has 4 heterocycles. The third kappa shape index (κ3) is 3.37. The minimum absolute atomic E-state index is 0.000439. The number of H-pyrrole nitrogens is 1. The predicted octanol–water partition coefficient (Wildman–Crippen LogP) is 0.587. The maximum atomic E-state index is 12.8. The van der Waals surface area contributed by atoms with Gasteiger partial charge in [0.25, 0.3) is 0 Å². The lowest BCUT2D eigenvalue weighted by atomic mass is 10.0. The van der Waals surface area contributed by atoms with Crippen molar-refractivity contribution in [2.75, 3.05) is 19.6 Å². The Kier molecular flexibility index (Phi) is 4.50. The number of carbonyl (C=O) groups is 2. The number of nitrogens with zero attached hydrogens (tertiary/aromatic N) is 3. The van der Waals surface area contributed by atoms with Gasteiger partial charge in [-0.25, -0.2) is 0 Å². The van der Waals surface area contributed by atoms with Crippen molar-refractivity contribution in [1.82, 2.24) is 25.3 Å². The van der Waals surface area contributed by atoms with Crippen LogP contribution < -0.4 is 5.32 Å². The third-order valence-corrected chi connectivity index (χ3v) is 5.12. The lowest BCUT2D eigenvalue weighted by Gasteiger charge is -2.35. The summed E-state index contributed by atoms with van der Waals surface area (Å²) in [7, 11) is 0.